The van der Waals surface area contributed by atoms with Crippen molar-refractivity contribution in [3.8, 4) is 0 Å². The number of hydrogen-bond acceptors (Lipinski definition) is 5. The summed E-state index contributed by atoms with van der Waals surface area (Å²) in [5, 5.41) is 0. The summed E-state index contributed by atoms with van der Waals surface area (Å²) >= 11 is 0. The number of methoxy groups -OCH3 is 2. The summed E-state index contributed by atoms with van der Waals surface area (Å²) < 4.78 is 15.9. The molecule has 78 valence electrons. The molecule has 0 aliphatic carbocycles. The summed E-state index contributed by atoms with van der Waals surface area (Å²) in [6.45, 7) is 1.91. The van der Waals surface area contributed by atoms with Gasteiger partial charge in [-0.05, 0) is 6.92 Å². The molecule has 0 bridgehead atoms. The van der Waals surface area contributed by atoms with E-state index in [1.807, 2.05) is 6.92 Å². The van der Waals surface area contributed by atoms with Gasteiger partial charge in [0.25, 0.3) is 0 Å². The monoisotopic (exact) mass is 191 g/mol. The van der Waals surface area contributed by atoms with E-state index < -0.39 is 6.29 Å². The van der Waals surface area contributed by atoms with Crippen LogP contribution in [-0.2, 0) is 19.0 Å². The van der Waals surface area contributed by atoms with Gasteiger partial charge < -0.3 is 14.2 Å². The lowest BCUT2D eigenvalue weighted by Crippen LogP contribution is -2.49. The first-order valence-electron chi connectivity index (χ1n) is 4.29. The van der Waals surface area contributed by atoms with Crippen LogP contribution < -0.4 is 5.90 Å². The van der Waals surface area contributed by atoms with E-state index in [0.717, 1.165) is 0 Å². The Kier molecular flexibility index (Phi) is 4.08. The molecule has 2 N–H and O–H groups in total. The number of nitrogens with two attached hydrogens (primary N) is 1. The largest absolute Gasteiger partial charge is 0.378 e. The third-order valence-corrected chi connectivity index (χ3v) is 2.35. The van der Waals surface area contributed by atoms with Crippen molar-refractivity contribution in [1.82, 2.24) is 0 Å². The third-order valence-electron chi connectivity index (χ3n) is 2.35. The minimum absolute atomic E-state index is 0.0256. The fourth-order valence-corrected chi connectivity index (χ4v) is 1.66. The molecule has 5 heteroatoms. The Morgan fingerprint density at radius 3 is 2.46 bits per heavy atom. The summed E-state index contributed by atoms with van der Waals surface area (Å²) in [6, 6.07) is 0. The Labute approximate surface area is 78.0 Å². The van der Waals surface area contributed by atoms with Gasteiger partial charge in [-0.25, -0.2) is 5.90 Å². The first-order valence-corrected chi connectivity index (χ1v) is 4.29. The summed E-state index contributed by atoms with van der Waals surface area (Å²) in [6.07, 6.45) is 0.0397. The van der Waals surface area contributed by atoms with E-state index in [1.54, 1.807) is 14.2 Å². The van der Waals surface area contributed by atoms with Crippen molar-refractivity contribution in [1.29, 1.82) is 0 Å². The minimum Gasteiger partial charge on any atom is -0.378 e. The van der Waals surface area contributed by atoms with E-state index in [1.165, 1.54) is 0 Å². The molecule has 1 aliphatic heterocycles. The first kappa shape index (κ1) is 10.9. The molecule has 1 aliphatic rings. The van der Waals surface area contributed by atoms with Crippen molar-refractivity contribution in [2.24, 2.45) is 5.90 Å². The highest BCUT2D eigenvalue weighted by Crippen LogP contribution is 2.23. The van der Waals surface area contributed by atoms with E-state index in [0.29, 0.717) is 6.42 Å². The van der Waals surface area contributed by atoms with Gasteiger partial charge in [0.1, 0.15) is 6.10 Å². The van der Waals surface area contributed by atoms with Gasteiger partial charge >= 0.3 is 0 Å². The topological polar surface area (TPSA) is 62.9 Å². The smallest absolute Gasteiger partial charge is 0.179 e. The molecule has 0 radical (unpaired) electrons. The molecule has 13 heavy (non-hydrogen) atoms. The van der Waals surface area contributed by atoms with Gasteiger partial charge in [0.2, 0.25) is 0 Å². The highest BCUT2D eigenvalue weighted by atomic mass is 16.8. The molecule has 4 atom stereocenters. The van der Waals surface area contributed by atoms with Crippen molar-refractivity contribution in [2.45, 2.75) is 37.9 Å². The lowest BCUT2D eigenvalue weighted by atomic mass is 10.0. The van der Waals surface area contributed by atoms with Crippen LogP contribution in [0.25, 0.3) is 0 Å². The zero-order valence-electron chi connectivity index (χ0n) is 8.23. The van der Waals surface area contributed by atoms with Crippen LogP contribution in [0.15, 0.2) is 0 Å². The predicted molar refractivity (Wildman–Crippen MR) is 45.8 cm³/mol. The van der Waals surface area contributed by atoms with Crippen molar-refractivity contribution in [3.63, 3.8) is 0 Å². The molecule has 0 aromatic carbocycles. The molecular formula is C8H17NO4. The molecule has 4 unspecified atom stereocenters. The summed E-state index contributed by atoms with van der Waals surface area (Å²) in [5.41, 5.74) is 0. The summed E-state index contributed by atoms with van der Waals surface area (Å²) in [4.78, 5) is 4.63. The quantitative estimate of drug-likeness (QED) is 0.638. The second-order valence-corrected chi connectivity index (χ2v) is 3.12. The molecule has 0 aromatic rings. The molecule has 5 nitrogen and oxygen atoms in total. The van der Waals surface area contributed by atoms with Gasteiger partial charge in [0.15, 0.2) is 6.29 Å². The van der Waals surface area contributed by atoms with E-state index in [2.05, 4.69) is 4.84 Å². The molecule has 0 saturated carbocycles. The van der Waals surface area contributed by atoms with E-state index in [9.17, 15) is 0 Å². The van der Waals surface area contributed by atoms with Gasteiger partial charge in [-0.3, -0.25) is 4.84 Å². The maximum atomic E-state index is 5.42. The molecule has 1 saturated heterocycles. The first-order chi connectivity index (χ1) is 6.22. The molecule has 1 rings (SSSR count). The van der Waals surface area contributed by atoms with Crippen molar-refractivity contribution >= 4 is 0 Å². The second-order valence-electron chi connectivity index (χ2n) is 3.12. The minimum atomic E-state index is -0.397. The Bertz CT molecular complexity index is 155. The Hall–Kier alpha value is -0.200. The van der Waals surface area contributed by atoms with Gasteiger partial charge in [-0.1, -0.05) is 0 Å². The van der Waals surface area contributed by atoms with Crippen molar-refractivity contribution in [3.05, 3.63) is 0 Å². The zero-order valence-corrected chi connectivity index (χ0v) is 8.23. The third kappa shape index (κ3) is 2.38. The number of hydrogen-bond donors (Lipinski definition) is 1. The SMILES string of the molecule is COC1CC(ON)OC(C)C1OC. The normalized spacial score (nSPS) is 40.6. The highest BCUT2D eigenvalue weighted by Gasteiger charge is 2.37. The second kappa shape index (κ2) is 4.88. The highest BCUT2D eigenvalue weighted by molar-refractivity contribution is 4.82. The van der Waals surface area contributed by atoms with Crippen LogP contribution in [0.3, 0.4) is 0 Å². The van der Waals surface area contributed by atoms with Crippen LogP contribution in [-0.4, -0.2) is 38.8 Å². The Morgan fingerprint density at radius 2 is 2.00 bits per heavy atom. The van der Waals surface area contributed by atoms with Crippen molar-refractivity contribution < 1.29 is 19.0 Å². The fourth-order valence-electron chi connectivity index (χ4n) is 1.66. The van der Waals surface area contributed by atoms with Crippen LogP contribution in [0.4, 0.5) is 0 Å². The fraction of sp³-hybridized carbons (Fsp3) is 1.00. The lowest BCUT2D eigenvalue weighted by molar-refractivity contribution is -0.256. The van der Waals surface area contributed by atoms with E-state index >= 15 is 0 Å². The lowest BCUT2D eigenvalue weighted by Gasteiger charge is -2.37. The zero-order chi connectivity index (χ0) is 9.84. The summed E-state index contributed by atoms with van der Waals surface area (Å²) in [5.74, 6) is 5.05. The average molecular weight is 191 g/mol. The van der Waals surface area contributed by atoms with Gasteiger partial charge in [0, 0.05) is 20.6 Å². The molecular weight excluding hydrogens is 174 g/mol. The summed E-state index contributed by atoms with van der Waals surface area (Å²) in [7, 11) is 3.28. The molecule has 0 amide bonds. The van der Waals surface area contributed by atoms with Crippen LogP contribution in [0, 0.1) is 0 Å². The number of ether oxygens (including phenoxy) is 3. The molecule has 1 fully saturated rings. The molecule has 0 spiro atoms. The van der Waals surface area contributed by atoms with Gasteiger partial charge in [-0.15, -0.1) is 0 Å². The maximum Gasteiger partial charge on any atom is 0.179 e. The van der Waals surface area contributed by atoms with Crippen LogP contribution in [0.5, 0.6) is 0 Å². The maximum absolute atomic E-state index is 5.42. The van der Waals surface area contributed by atoms with E-state index in [-0.39, 0.29) is 18.3 Å². The standard InChI is InChI=1S/C8H17NO4/c1-5-8(11-3)6(10-2)4-7(12-5)13-9/h5-8H,4,9H2,1-3H3. The van der Waals surface area contributed by atoms with Crippen LogP contribution >= 0.6 is 0 Å². The Morgan fingerprint density at radius 1 is 1.31 bits per heavy atom. The van der Waals surface area contributed by atoms with Gasteiger partial charge in [0.05, 0.1) is 12.2 Å². The van der Waals surface area contributed by atoms with Gasteiger partial charge in [-0.2, -0.15) is 0 Å². The predicted octanol–water partition coefficient (Wildman–Crippen LogP) is 0.0416. The molecule has 0 aromatic heterocycles. The average Bonchev–Trinajstić information content (AvgIpc) is 2.16. The van der Waals surface area contributed by atoms with E-state index in [4.69, 9.17) is 20.1 Å². The Balaban J connectivity index is 2.57. The number of rotatable bonds is 3. The van der Waals surface area contributed by atoms with Crippen LogP contribution in [0.2, 0.25) is 0 Å². The molecule has 1 heterocycles. The van der Waals surface area contributed by atoms with Crippen LogP contribution in [0.1, 0.15) is 13.3 Å². The van der Waals surface area contributed by atoms with Crippen molar-refractivity contribution in [2.75, 3.05) is 14.2 Å².